The molecule has 4 saturated heterocycles. The summed E-state index contributed by atoms with van der Waals surface area (Å²) in [6.07, 6.45) is 8.87. The van der Waals surface area contributed by atoms with Crippen molar-refractivity contribution in [2.24, 2.45) is 0 Å². The summed E-state index contributed by atoms with van der Waals surface area (Å²) in [7, 11) is 0. The number of nitrogens with zero attached hydrogens (tertiary/aromatic N) is 5. The average molecular weight is 635 g/mol. The van der Waals surface area contributed by atoms with E-state index < -0.39 is 23.3 Å². The van der Waals surface area contributed by atoms with Crippen molar-refractivity contribution in [3.05, 3.63) is 46.6 Å². The molecule has 0 saturated carbocycles. The highest BCUT2D eigenvalue weighted by molar-refractivity contribution is 6.35. The molecule has 8 rings (SSSR count). The van der Waals surface area contributed by atoms with Crippen LogP contribution in [0, 0.1) is 24.0 Å². The lowest BCUT2D eigenvalue weighted by molar-refractivity contribution is 0.107. The van der Waals surface area contributed by atoms with Crippen molar-refractivity contribution in [1.82, 2.24) is 25.2 Å². The van der Waals surface area contributed by atoms with Gasteiger partial charge in [0.15, 0.2) is 5.82 Å². The van der Waals surface area contributed by atoms with Crippen LogP contribution in [0.3, 0.4) is 0 Å². The Labute approximate surface area is 262 Å². The molecule has 2 aromatic heterocycles. The van der Waals surface area contributed by atoms with E-state index in [1.165, 1.54) is 24.3 Å². The lowest BCUT2D eigenvalue weighted by atomic mass is 9.95. The zero-order valence-corrected chi connectivity index (χ0v) is 25.0. The van der Waals surface area contributed by atoms with Gasteiger partial charge in [0.05, 0.1) is 16.5 Å². The highest BCUT2D eigenvalue weighted by Gasteiger charge is 2.49. The summed E-state index contributed by atoms with van der Waals surface area (Å²) < 4.78 is 52.4. The van der Waals surface area contributed by atoms with Gasteiger partial charge >= 0.3 is 6.01 Å². The monoisotopic (exact) mass is 634 g/mol. The molecule has 2 bridgehead atoms. The van der Waals surface area contributed by atoms with Gasteiger partial charge in [-0.1, -0.05) is 23.6 Å². The Bertz CT molecular complexity index is 1910. The summed E-state index contributed by atoms with van der Waals surface area (Å²) in [5.74, 6) is 1.06. The third-order valence-electron chi connectivity index (χ3n) is 9.90. The van der Waals surface area contributed by atoms with Gasteiger partial charge in [-0.05, 0) is 55.8 Å². The van der Waals surface area contributed by atoms with E-state index in [9.17, 15) is 13.9 Å². The first-order chi connectivity index (χ1) is 21.7. The van der Waals surface area contributed by atoms with Crippen molar-refractivity contribution < 1.29 is 23.0 Å². The number of benzene rings is 2. The Hall–Kier alpha value is -3.85. The molecule has 4 atom stereocenters. The lowest BCUT2D eigenvalue weighted by Gasteiger charge is -2.34. The van der Waals surface area contributed by atoms with Gasteiger partial charge in [-0.2, -0.15) is 9.97 Å². The van der Waals surface area contributed by atoms with E-state index in [0.717, 1.165) is 32.2 Å². The number of ether oxygens (including phenoxy) is 1. The van der Waals surface area contributed by atoms with E-state index in [1.54, 1.807) is 0 Å². The van der Waals surface area contributed by atoms with Crippen LogP contribution in [0.5, 0.6) is 11.8 Å². The lowest BCUT2D eigenvalue weighted by Crippen LogP contribution is -2.51. The number of halogens is 4. The van der Waals surface area contributed by atoms with E-state index in [0.29, 0.717) is 37.3 Å². The van der Waals surface area contributed by atoms with E-state index in [2.05, 4.69) is 31.0 Å². The second-order valence-electron chi connectivity index (χ2n) is 12.7. The Morgan fingerprint density at radius 2 is 1.91 bits per heavy atom. The number of hydrogen-bond acceptors (Lipinski definition) is 8. The molecule has 6 heterocycles. The van der Waals surface area contributed by atoms with Crippen LogP contribution in [0.1, 0.15) is 37.7 Å². The van der Waals surface area contributed by atoms with Crippen molar-refractivity contribution in [2.75, 3.05) is 37.7 Å². The molecule has 4 aromatic rings. The minimum Gasteiger partial charge on any atom is -0.508 e. The zero-order valence-electron chi connectivity index (χ0n) is 24.3. The third kappa shape index (κ3) is 4.65. The maximum atomic E-state index is 16.8. The number of piperazine rings is 1. The number of phenolic OH excluding ortho intramolecular Hbond substituents is 1. The molecule has 45 heavy (non-hydrogen) atoms. The Morgan fingerprint density at radius 3 is 2.69 bits per heavy atom. The first-order valence-corrected chi connectivity index (χ1v) is 15.6. The third-order valence-corrected chi connectivity index (χ3v) is 10.2. The van der Waals surface area contributed by atoms with Gasteiger partial charge in [-0.15, -0.1) is 6.42 Å². The van der Waals surface area contributed by atoms with Crippen LogP contribution >= 0.6 is 11.6 Å². The minimum atomic E-state index is -0.932. The number of rotatable bonds is 5. The summed E-state index contributed by atoms with van der Waals surface area (Å²) in [6, 6.07) is 5.80. The van der Waals surface area contributed by atoms with Gasteiger partial charge in [0.25, 0.3) is 0 Å². The second kappa shape index (κ2) is 10.6. The Morgan fingerprint density at radius 1 is 1.11 bits per heavy atom. The quantitative estimate of drug-likeness (QED) is 0.224. The molecule has 4 aliphatic heterocycles. The van der Waals surface area contributed by atoms with Crippen LogP contribution in [0.15, 0.2) is 24.3 Å². The van der Waals surface area contributed by atoms with Crippen molar-refractivity contribution in [2.45, 2.75) is 55.9 Å². The highest BCUT2D eigenvalue weighted by Crippen LogP contribution is 2.43. The Kier molecular flexibility index (Phi) is 6.75. The molecule has 0 radical (unpaired) electrons. The summed E-state index contributed by atoms with van der Waals surface area (Å²) >= 11 is 6.85. The van der Waals surface area contributed by atoms with E-state index in [1.807, 2.05) is 0 Å². The molecule has 0 amide bonds. The van der Waals surface area contributed by atoms with E-state index >= 15 is 4.39 Å². The van der Waals surface area contributed by atoms with Crippen LogP contribution in [0.2, 0.25) is 5.15 Å². The zero-order chi connectivity index (χ0) is 31.0. The molecule has 0 aliphatic carbocycles. The molecule has 2 N–H and O–H groups in total. The van der Waals surface area contributed by atoms with Crippen LogP contribution in [-0.4, -0.2) is 81.5 Å². The molecule has 12 heteroatoms. The van der Waals surface area contributed by atoms with Gasteiger partial charge < -0.3 is 20.1 Å². The number of anilines is 1. The summed E-state index contributed by atoms with van der Waals surface area (Å²) in [5.41, 5.74) is -0.847. The van der Waals surface area contributed by atoms with Gasteiger partial charge in [0.1, 0.15) is 46.5 Å². The highest BCUT2D eigenvalue weighted by atomic mass is 35.5. The topological polar surface area (TPSA) is 86.6 Å². The maximum Gasteiger partial charge on any atom is 0.319 e. The second-order valence-corrected chi connectivity index (χ2v) is 13.0. The number of pyridine rings is 1. The van der Waals surface area contributed by atoms with Gasteiger partial charge in [-0.25, -0.2) is 18.2 Å². The minimum absolute atomic E-state index is 0.0462. The molecule has 8 nitrogen and oxygen atoms in total. The van der Waals surface area contributed by atoms with Crippen LogP contribution in [0.4, 0.5) is 19.0 Å². The molecular weight excluding hydrogens is 605 g/mol. The Balaban J connectivity index is 1.30. The average Bonchev–Trinajstić information content (AvgIpc) is 3.67. The number of aromatic hydroxyl groups is 1. The fraction of sp³-hybridized carbons (Fsp3) is 0.424. The molecule has 0 unspecified atom stereocenters. The number of terminal acetylenes is 1. The van der Waals surface area contributed by atoms with E-state index in [4.69, 9.17) is 27.7 Å². The number of hydrogen-bond donors (Lipinski definition) is 2. The normalized spacial score (nSPS) is 26.1. The number of fused-ring (bicyclic) bond motifs is 5. The summed E-state index contributed by atoms with van der Waals surface area (Å²) in [4.78, 5) is 17.9. The molecule has 232 valence electrons. The van der Waals surface area contributed by atoms with Crippen molar-refractivity contribution >= 4 is 39.1 Å². The van der Waals surface area contributed by atoms with Crippen LogP contribution in [-0.2, 0) is 0 Å². The van der Waals surface area contributed by atoms with Crippen molar-refractivity contribution in [3.63, 3.8) is 0 Å². The standard InChI is InChI=1S/C33H30ClF3N6O2/c1-2-22-24(36)7-4-17-10-21(44)11-23(25(17)22)28-27(37)29-26(30(34)39-28)31(42-14-19-5-6-20(15-42)38-19)41-32(40-29)45-16-33-8-3-9-43(33)13-18(35)12-33/h1,4,7,10-11,18-20,38,44H,3,5-6,8-9,12-16H2/t18-,19-,20+,33+/m1/s1. The molecular formula is C33H30ClF3N6O2. The molecule has 2 aromatic carbocycles. The number of phenols is 1. The molecule has 4 aliphatic rings. The summed E-state index contributed by atoms with van der Waals surface area (Å²) in [6.45, 7) is 2.60. The number of aromatic nitrogens is 3. The predicted molar refractivity (Wildman–Crippen MR) is 166 cm³/mol. The van der Waals surface area contributed by atoms with Crippen LogP contribution < -0.4 is 15.0 Å². The first kappa shape index (κ1) is 28.6. The SMILES string of the molecule is C#Cc1c(F)ccc2cc(O)cc(-c3nc(Cl)c4c(N5C[C@H]6CC[C@@H](C5)N6)nc(OC[C@@]56CCCN5C[C@H](F)C6)nc4c3F)c12. The maximum absolute atomic E-state index is 16.8. The number of alkyl halides is 1. The number of nitrogens with one attached hydrogen (secondary N) is 1. The van der Waals surface area contributed by atoms with Gasteiger partial charge in [0, 0.05) is 49.1 Å². The van der Waals surface area contributed by atoms with Crippen molar-refractivity contribution in [3.8, 4) is 35.4 Å². The van der Waals surface area contributed by atoms with E-state index in [-0.39, 0.29) is 68.7 Å². The fourth-order valence-corrected chi connectivity index (χ4v) is 8.19. The van der Waals surface area contributed by atoms with Crippen molar-refractivity contribution in [1.29, 1.82) is 0 Å². The van der Waals surface area contributed by atoms with Crippen LogP contribution in [0.25, 0.3) is 32.9 Å². The van der Waals surface area contributed by atoms with Gasteiger partial charge in [-0.3, -0.25) is 4.90 Å². The summed E-state index contributed by atoms with van der Waals surface area (Å²) in [5, 5.41) is 14.9. The molecule has 4 fully saturated rings. The predicted octanol–water partition coefficient (Wildman–Crippen LogP) is 5.36. The van der Waals surface area contributed by atoms with Gasteiger partial charge in [0.2, 0.25) is 0 Å². The fourth-order valence-electron chi connectivity index (χ4n) is 7.94. The largest absolute Gasteiger partial charge is 0.508 e. The first-order valence-electron chi connectivity index (χ1n) is 15.2. The smallest absolute Gasteiger partial charge is 0.319 e. The molecule has 0 spiro atoms.